The van der Waals surface area contributed by atoms with Crippen LogP contribution >= 0.6 is 0 Å². The minimum Gasteiger partial charge on any atom is -0.272 e. The van der Waals surface area contributed by atoms with Crippen molar-refractivity contribution in [3.05, 3.63) is 52.1 Å². The number of tetrazole rings is 1. The van der Waals surface area contributed by atoms with Crippen molar-refractivity contribution >= 4 is 6.20 Å². The number of rotatable bonds is 5. The lowest BCUT2D eigenvalue weighted by atomic mass is 10.2. The molecule has 2 rings (SSSR count). The number of allylic oxidation sites excluding steroid dienone is 1. The van der Waals surface area contributed by atoms with E-state index in [1.165, 1.54) is 6.20 Å². The third-order valence-electron chi connectivity index (χ3n) is 2.13. The average molecular weight is 247 g/mol. The number of aromatic amines is 1. The molecule has 0 amide bonds. The molecule has 2 N–H and O–H groups in total. The maximum Gasteiger partial charge on any atom is 0.365 e. The van der Waals surface area contributed by atoms with E-state index in [2.05, 4.69) is 21.0 Å². The van der Waals surface area contributed by atoms with Crippen molar-refractivity contribution in [3.63, 3.8) is 0 Å². The highest BCUT2D eigenvalue weighted by atomic mass is 16.6. The number of aromatic nitrogens is 4. The quantitative estimate of drug-likeness (QED) is 0.752. The van der Waals surface area contributed by atoms with Gasteiger partial charge in [0, 0.05) is 0 Å². The predicted molar refractivity (Wildman–Crippen MR) is 65.0 cm³/mol. The minimum atomic E-state index is -0.404. The van der Waals surface area contributed by atoms with Gasteiger partial charge in [-0.25, -0.2) is 9.89 Å². The van der Waals surface area contributed by atoms with Gasteiger partial charge in [0.05, 0.1) is 18.5 Å². The van der Waals surface area contributed by atoms with E-state index in [0.717, 1.165) is 10.2 Å². The number of benzene rings is 1. The summed E-state index contributed by atoms with van der Waals surface area (Å²) in [5.41, 5.74) is 4.01. The van der Waals surface area contributed by atoms with Crippen LogP contribution in [0, 0.1) is 0 Å². The van der Waals surface area contributed by atoms with E-state index < -0.39 is 5.69 Å². The predicted octanol–water partition coefficient (Wildman–Crippen LogP) is 0.506. The standard InChI is InChI=1S/C11H13N5O2/c1-9(7-16-11(17)12-14-15-16)13-18-8-10-5-3-2-4-6-10/h2-7,13H,8H2,1H3,(H,12,15,17). The van der Waals surface area contributed by atoms with Gasteiger partial charge in [0.1, 0.15) is 0 Å². The van der Waals surface area contributed by atoms with E-state index in [-0.39, 0.29) is 0 Å². The monoisotopic (exact) mass is 247 g/mol. The van der Waals surface area contributed by atoms with E-state index in [1.807, 2.05) is 30.3 Å². The Morgan fingerprint density at radius 3 is 2.94 bits per heavy atom. The second kappa shape index (κ2) is 5.78. The van der Waals surface area contributed by atoms with Crippen LogP contribution in [-0.2, 0) is 11.4 Å². The number of hydroxylamine groups is 1. The van der Waals surface area contributed by atoms with Crippen LogP contribution in [0.2, 0.25) is 0 Å². The zero-order chi connectivity index (χ0) is 12.8. The lowest BCUT2D eigenvalue weighted by molar-refractivity contribution is 0.0498. The normalized spacial score (nSPS) is 11.5. The van der Waals surface area contributed by atoms with Crippen LogP contribution in [0.3, 0.4) is 0 Å². The van der Waals surface area contributed by atoms with E-state index in [4.69, 9.17) is 4.84 Å². The summed E-state index contributed by atoms with van der Waals surface area (Å²) in [6.45, 7) is 2.19. The van der Waals surface area contributed by atoms with Crippen LogP contribution in [0.5, 0.6) is 0 Å². The average Bonchev–Trinajstić information content (AvgIpc) is 2.76. The Bertz CT molecular complexity index is 572. The van der Waals surface area contributed by atoms with Crippen LogP contribution in [0.4, 0.5) is 0 Å². The fourth-order valence-corrected chi connectivity index (χ4v) is 1.31. The van der Waals surface area contributed by atoms with Crippen LogP contribution in [0.25, 0.3) is 6.20 Å². The molecule has 2 aromatic rings. The molecule has 0 aliphatic heterocycles. The topological polar surface area (TPSA) is 84.8 Å². The number of H-pyrrole nitrogens is 1. The fraction of sp³-hybridized carbons (Fsp3) is 0.182. The first-order chi connectivity index (χ1) is 8.75. The first-order valence-corrected chi connectivity index (χ1v) is 5.36. The molecule has 0 bridgehead atoms. The molecule has 0 saturated carbocycles. The van der Waals surface area contributed by atoms with Gasteiger partial charge in [0.25, 0.3) is 0 Å². The molecule has 0 spiro atoms. The molecule has 1 heterocycles. The number of nitrogens with one attached hydrogen (secondary N) is 2. The summed E-state index contributed by atoms with van der Waals surface area (Å²) in [5.74, 6) is 0. The van der Waals surface area contributed by atoms with Crippen molar-refractivity contribution in [1.29, 1.82) is 0 Å². The SMILES string of the molecule is CC(=Cn1nn[nH]c1=O)NOCc1ccccc1. The van der Waals surface area contributed by atoms with Crippen LogP contribution in [-0.4, -0.2) is 20.2 Å². The van der Waals surface area contributed by atoms with E-state index >= 15 is 0 Å². The van der Waals surface area contributed by atoms with Gasteiger partial charge < -0.3 is 0 Å². The Morgan fingerprint density at radius 1 is 1.50 bits per heavy atom. The zero-order valence-electron chi connectivity index (χ0n) is 9.83. The maximum absolute atomic E-state index is 11.1. The Hall–Kier alpha value is -2.41. The Labute approximate surface area is 103 Å². The molecule has 7 nitrogen and oxygen atoms in total. The molecule has 7 heteroatoms. The number of nitrogens with zero attached hydrogens (tertiary/aromatic N) is 3. The molecule has 18 heavy (non-hydrogen) atoms. The van der Waals surface area contributed by atoms with Gasteiger partial charge in [-0.15, -0.1) is 0 Å². The maximum atomic E-state index is 11.1. The molecular weight excluding hydrogens is 234 g/mol. The third kappa shape index (κ3) is 3.29. The second-order valence-corrected chi connectivity index (χ2v) is 3.64. The molecule has 1 aromatic heterocycles. The number of hydrogen-bond donors (Lipinski definition) is 2. The smallest absolute Gasteiger partial charge is 0.272 e. The minimum absolute atomic E-state index is 0.404. The van der Waals surface area contributed by atoms with E-state index in [0.29, 0.717) is 12.3 Å². The summed E-state index contributed by atoms with van der Waals surface area (Å²) in [6, 6.07) is 9.75. The molecule has 0 unspecified atom stereocenters. The van der Waals surface area contributed by atoms with Crippen molar-refractivity contribution in [3.8, 4) is 0 Å². The molecule has 94 valence electrons. The van der Waals surface area contributed by atoms with Crippen molar-refractivity contribution < 1.29 is 4.84 Å². The van der Waals surface area contributed by atoms with Gasteiger partial charge in [-0.2, -0.15) is 4.68 Å². The van der Waals surface area contributed by atoms with E-state index in [1.54, 1.807) is 6.92 Å². The molecule has 0 fully saturated rings. The lowest BCUT2D eigenvalue weighted by Crippen LogP contribution is -2.17. The molecule has 0 aliphatic rings. The molecule has 1 aromatic carbocycles. The van der Waals surface area contributed by atoms with Gasteiger partial charge in [-0.1, -0.05) is 30.3 Å². The van der Waals surface area contributed by atoms with Crippen molar-refractivity contribution in [2.75, 3.05) is 0 Å². The highest BCUT2D eigenvalue weighted by Crippen LogP contribution is 2.00. The second-order valence-electron chi connectivity index (χ2n) is 3.64. The summed E-state index contributed by atoms with van der Waals surface area (Å²) in [7, 11) is 0. The van der Waals surface area contributed by atoms with Gasteiger partial charge in [-0.3, -0.25) is 10.3 Å². The zero-order valence-corrected chi connectivity index (χ0v) is 9.83. The molecule has 0 aliphatic carbocycles. The van der Waals surface area contributed by atoms with Gasteiger partial charge in [0.15, 0.2) is 0 Å². The van der Waals surface area contributed by atoms with Crippen LogP contribution in [0.1, 0.15) is 12.5 Å². The van der Waals surface area contributed by atoms with Crippen LogP contribution < -0.4 is 11.2 Å². The summed E-state index contributed by atoms with van der Waals surface area (Å²) in [5, 5.41) is 9.10. The van der Waals surface area contributed by atoms with Gasteiger partial charge in [-0.05, 0) is 22.9 Å². The van der Waals surface area contributed by atoms with Crippen molar-refractivity contribution in [2.45, 2.75) is 13.5 Å². The third-order valence-corrected chi connectivity index (χ3v) is 2.13. The van der Waals surface area contributed by atoms with Gasteiger partial charge in [0.2, 0.25) is 0 Å². The summed E-state index contributed by atoms with van der Waals surface area (Å²) in [4.78, 5) is 16.4. The summed E-state index contributed by atoms with van der Waals surface area (Å²) < 4.78 is 1.08. The highest BCUT2D eigenvalue weighted by Gasteiger charge is 1.96. The Balaban J connectivity index is 1.86. The number of hydrogen-bond acceptors (Lipinski definition) is 5. The van der Waals surface area contributed by atoms with Crippen molar-refractivity contribution in [2.24, 2.45) is 0 Å². The summed E-state index contributed by atoms with van der Waals surface area (Å²) >= 11 is 0. The summed E-state index contributed by atoms with van der Waals surface area (Å²) in [6.07, 6.45) is 1.48. The largest absolute Gasteiger partial charge is 0.365 e. The lowest BCUT2D eigenvalue weighted by Gasteiger charge is -2.06. The Kier molecular flexibility index (Phi) is 3.87. The first-order valence-electron chi connectivity index (χ1n) is 5.36. The Morgan fingerprint density at radius 2 is 2.28 bits per heavy atom. The molecule has 0 radical (unpaired) electrons. The van der Waals surface area contributed by atoms with E-state index in [9.17, 15) is 4.79 Å². The highest BCUT2D eigenvalue weighted by molar-refractivity contribution is 5.24. The first kappa shape index (κ1) is 12.1. The van der Waals surface area contributed by atoms with Crippen LogP contribution in [0.15, 0.2) is 40.8 Å². The van der Waals surface area contributed by atoms with Gasteiger partial charge >= 0.3 is 5.69 Å². The van der Waals surface area contributed by atoms with Crippen molar-refractivity contribution in [1.82, 2.24) is 25.7 Å². The molecule has 0 atom stereocenters. The molecule has 0 saturated heterocycles. The molecular formula is C11H13N5O2. The fourth-order valence-electron chi connectivity index (χ4n) is 1.31.